The van der Waals surface area contributed by atoms with Crippen molar-refractivity contribution in [2.24, 2.45) is 0 Å². The van der Waals surface area contributed by atoms with Crippen molar-refractivity contribution in [3.8, 4) is 22.1 Å². The highest BCUT2D eigenvalue weighted by atomic mass is 32.1. The largest absolute Gasteiger partial charge is 0.447 e. The highest BCUT2D eigenvalue weighted by Gasteiger charge is 2.22. The molecule has 192 valence electrons. The van der Waals surface area contributed by atoms with E-state index in [9.17, 15) is 0 Å². The average molecular weight is 523 g/mol. The van der Waals surface area contributed by atoms with E-state index >= 15 is 0 Å². The molecule has 0 radical (unpaired) electrons. The minimum atomic E-state index is -2.19. The lowest BCUT2D eigenvalue weighted by Gasteiger charge is -2.21. The van der Waals surface area contributed by atoms with Crippen molar-refractivity contribution < 1.29 is 8.85 Å². The van der Waals surface area contributed by atoms with Gasteiger partial charge in [0.15, 0.2) is 5.06 Å². The predicted molar refractivity (Wildman–Crippen MR) is 161 cm³/mol. The number of anilines is 1. The molecule has 0 amide bonds. The Balaban J connectivity index is 1.39. The summed E-state index contributed by atoms with van der Waals surface area (Å²) in [5.41, 5.74) is 5.88. The van der Waals surface area contributed by atoms with Crippen LogP contribution >= 0.6 is 11.3 Å². The molecule has 3 heterocycles. The number of pyridine rings is 1. The van der Waals surface area contributed by atoms with Crippen molar-refractivity contribution in [3.05, 3.63) is 96.0 Å². The summed E-state index contributed by atoms with van der Waals surface area (Å²) in [4.78, 5) is 8.29. The van der Waals surface area contributed by atoms with Crippen molar-refractivity contribution in [1.82, 2.24) is 9.88 Å². The fraction of sp³-hybridized carbons (Fsp3) is 0.242. The molecule has 0 N–H and O–H groups in total. The molecule has 0 saturated carbocycles. The standard InChI is InChI=1S/C33H33N3OS/c1-21-22(2)36(20-35(21)6)25-11-9-12-26(18-25)37-31-19-28-30(38-31)16-23-10-7-8-13-27(23)32(28)29-17-24(14-15-34-29)33(3,4)5/h7-19H,20H2,1-6H3/i6D3. The first-order valence-corrected chi connectivity index (χ1v) is 13.6. The van der Waals surface area contributed by atoms with Crippen LogP contribution in [0.4, 0.5) is 5.69 Å². The molecule has 0 unspecified atom stereocenters. The lowest BCUT2D eigenvalue weighted by molar-refractivity contribution is 0.459. The number of nitrogens with zero attached hydrogens (tertiary/aromatic N) is 3. The fourth-order valence-electron chi connectivity index (χ4n) is 5.03. The van der Waals surface area contributed by atoms with Gasteiger partial charge in [-0.15, -0.1) is 0 Å². The van der Waals surface area contributed by atoms with Gasteiger partial charge in [0, 0.05) is 62.1 Å². The van der Waals surface area contributed by atoms with Gasteiger partial charge in [0.2, 0.25) is 0 Å². The molecule has 0 bridgehead atoms. The molecule has 3 aromatic carbocycles. The van der Waals surface area contributed by atoms with Gasteiger partial charge < -0.3 is 14.5 Å². The number of hydrogen-bond acceptors (Lipinski definition) is 5. The topological polar surface area (TPSA) is 28.6 Å². The summed E-state index contributed by atoms with van der Waals surface area (Å²) in [5.74, 6) is 0.700. The maximum Gasteiger partial charge on any atom is 0.182 e. The van der Waals surface area contributed by atoms with Gasteiger partial charge in [-0.3, -0.25) is 4.98 Å². The molecule has 0 saturated heterocycles. The number of rotatable bonds is 4. The van der Waals surface area contributed by atoms with Crippen molar-refractivity contribution in [3.63, 3.8) is 0 Å². The van der Waals surface area contributed by atoms with Crippen LogP contribution in [0, 0.1) is 0 Å². The molecule has 5 heteroatoms. The van der Waals surface area contributed by atoms with E-state index in [1.807, 2.05) is 49.2 Å². The van der Waals surface area contributed by atoms with Gasteiger partial charge in [0.05, 0.1) is 12.4 Å². The first kappa shape index (κ1) is 21.1. The number of aromatic nitrogens is 1. The van der Waals surface area contributed by atoms with E-state index in [4.69, 9.17) is 13.8 Å². The van der Waals surface area contributed by atoms with Gasteiger partial charge in [0.25, 0.3) is 0 Å². The quantitative estimate of drug-likeness (QED) is 0.235. The molecule has 5 aromatic rings. The second-order valence-corrected chi connectivity index (χ2v) is 11.9. The molecule has 1 aliphatic heterocycles. The van der Waals surface area contributed by atoms with E-state index in [2.05, 4.69) is 69.3 Å². The zero-order valence-electron chi connectivity index (χ0n) is 25.4. The molecular weight excluding hydrogens is 486 g/mol. The fourth-order valence-corrected chi connectivity index (χ4v) is 6.02. The number of hydrogen-bond donors (Lipinski definition) is 0. The van der Waals surface area contributed by atoms with E-state index in [0.29, 0.717) is 5.75 Å². The minimum absolute atomic E-state index is 0.0112. The Kier molecular flexibility index (Phi) is 5.10. The third-order valence-corrected chi connectivity index (χ3v) is 8.33. The second-order valence-electron chi connectivity index (χ2n) is 10.9. The first-order valence-electron chi connectivity index (χ1n) is 14.3. The lowest BCUT2D eigenvalue weighted by Crippen LogP contribution is -2.24. The van der Waals surface area contributed by atoms with Gasteiger partial charge in [-0.05, 0) is 65.9 Å². The van der Waals surface area contributed by atoms with Gasteiger partial charge in [-0.2, -0.15) is 0 Å². The number of benzene rings is 3. The van der Waals surface area contributed by atoms with E-state index in [1.54, 1.807) is 11.3 Å². The first-order chi connectivity index (χ1) is 19.4. The molecule has 6 rings (SSSR count). The van der Waals surface area contributed by atoms with Crippen LogP contribution < -0.4 is 9.64 Å². The Morgan fingerprint density at radius 3 is 2.55 bits per heavy atom. The third-order valence-electron chi connectivity index (χ3n) is 7.37. The van der Waals surface area contributed by atoms with Crippen LogP contribution in [0.5, 0.6) is 10.8 Å². The Hall–Kier alpha value is -3.83. The Labute approximate surface area is 233 Å². The highest BCUT2D eigenvalue weighted by Crippen LogP contribution is 2.44. The molecule has 0 fully saturated rings. The molecule has 0 atom stereocenters. The van der Waals surface area contributed by atoms with Crippen LogP contribution in [0.25, 0.3) is 32.1 Å². The number of thiophene rings is 1. The molecule has 4 nitrogen and oxygen atoms in total. The number of fused-ring (bicyclic) bond motifs is 2. The van der Waals surface area contributed by atoms with E-state index < -0.39 is 6.98 Å². The Bertz CT molecular complexity index is 1820. The summed E-state index contributed by atoms with van der Waals surface area (Å²) in [6.07, 6.45) is 1.91. The van der Waals surface area contributed by atoms with E-state index in [1.165, 1.54) is 15.8 Å². The van der Waals surface area contributed by atoms with Gasteiger partial charge in [0.1, 0.15) is 5.75 Å². The summed E-state index contributed by atoms with van der Waals surface area (Å²) in [7, 11) is 0. The maximum absolute atomic E-state index is 7.89. The molecular formula is C33H33N3OS. The van der Waals surface area contributed by atoms with Crippen molar-refractivity contribution >= 4 is 37.9 Å². The highest BCUT2D eigenvalue weighted by molar-refractivity contribution is 7.21. The monoisotopic (exact) mass is 522 g/mol. The summed E-state index contributed by atoms with van der Waals surface area (Å²) < 4.78 is 31.3. The van der Waals surface area contributed by atoms with E-state index in [-0.39, 0.29) is 12.1 Å². The van der Waals surface area contributed by atoms with Crippen LogP contribution in [0.3, 0.4) is 0 Å². The molecule has 1 aliphatic rings. The van der Waals surface area contributed by atoms with Crippen molar-refractivity contribution in [2.45, 2.75) is 40.0 Å². The SMILES string of the molecule is [2H]C([2H])([2H])N1CN(c2cccc(Oc3cc4c(-c5cc(C(C)(C)C)ccn5)c5ccccc5cc4s3)c2)C(C)=C1C. The minimum Gasteiger partial charge on any atom is -0.447 e. The van der Waals surface area contributed by atoms with Crippen LogP contribution in [-0.2, 0) is 5.41 Å². The summed E-state index contributed by atoms with van der Waals surface area (Å²) in [6, 6.07) is 24.9. The van der Waals surface area contributed by atoms with Crippen LogP contribution in [0.15, 0.2) is 90.4 Å². The third kappa shape index (κ3) is 4.31. The summed E-state index contributed by atoms with van der Waals surface area (Å²) in [5, 5.41) is 4.23. The predicted octanol–water partition coefficient (Wildman–Crippen LogP) is 9.17. The van der Waals surface area contributed by atoms with Crippen molar-refractivity contribution in [1.29, 1.82) is 0 Å². The van der Waals surface area contributed by atoms with Crippen molar-refractivity contribution in [2.75, 3.05) is 18.5 Å². The van der Waals surface area contributed by atoms with Crippen LogP contribution in [0.1, 0.15) is 44.3 Å². The second kappa shape index (κ2) is 9.17. The molecule has 38 heavy (non-hydrogen) atoms. The van der Waals surface area contributed by atoms with Gasteiger partial charge in [-0.25, -0.2) is 0 Å². The normalized spacial score (nSPS) is 15.8. The molecule has 0 spiro atoms. The Morgan fingerprint density at radius 2 is 1.76 bits per heavy atom. The smallest absolute Gasteiger partial charge is 0.182 e. The zero-order chi connectivity index (χ0) is 29.1. The summed E-state index contributed by atoms with van der Waals surface area (Å²) in [6.45, 7) is 8.55. The number of ether oxygens (including phenoxy) is 1. The lowest BCUT2D eigenvalue weighted by atomic mass is 9.86. The zero-order valence-corrected chi connectivity index (χ0v) is 23.2. The summed E-state index contributed by atoms with van der Waals surface area (Å²) >= 11 is 1.61. The van der Waals surface area contributed by atoms with Gasteiger partial charge in [-0.1, -0.05) is 62.4 Å². The average Bonchev–Trinajstić information content (AvgIpc) is 3.46. The number of allylic oxidation sites excluding steroid dienone is 2. The van der Waals surface area contributed by atoms with Gasteiger partial charge >= 0.3 is 0 Å². The molecule has 2 aromatic heterocycles. The van der Waals surface area contributed by atoms with Crippen LogP contribution in [0.2, 0.25) is 0 Å². The Morgan fingerprint density at radius 1 is 0.921 bits per heavy atom. The molecule has 0 aliphatic carbocycles. The van der Waals surface area contributed by atoms with E-state index in [0.717, 1.165) is 48.9 Å². The maximum atomic E-state index is 7.89. The van der Waals surface area contributed by atoms with Crippen LogP contribution in [-0.4, -0.2) is 23.5 Å².